The summed E-state index contributed by atoms with van der Waals surface area (Å²) in [6.07, 6.45) is 2.44. The number of hydrogen-bond donors (Lipinski definition) is 2. The smallest absolute Gasteiger partial charge is 0.263 e. The quantitative estimate of drug-likeness (QED) is 0.495. The Morgan fingerprint density at radius 3 is 2.48 bits per heavy atom. The fourth-order valence-electron chi connectivity index (χ4n) is 3.01. The van der Waals surface area contributed by atoms with E-state index in [1.807, 2.05) is 30.3 Å². The lowest BCUT2D eigenvalue weighted by Crippen LogP contribution is -2.39. The molecule has 0 bridgehead atoms. The van der Waals surface area contributed by atoms with Gasteiger partial charge in [0.25, 0.3) is 5.92 Å². The Balaban J connectivity index is 1.64. The zero-order chi connectivity index (χ0) is 22.6. The molecule has 3 aromatic rings. The second-order valence-electron chi connectivity index (χ2n) is 7.79. The van der Waals surface area contributed by atoms with Crippen molar-refractivity contribution in [3.05, 3.63) is 72.6 Å². The number of nitrogens with one attached hydrogen (secondary N) is 1. The maximum atomic E-state index is 14.4. The van der Waals surface area contributed by atoms with E-state index in [1.54, 1.807) is 12.3 Å². The van der Waals surface area contributed by atoms with Crippen molar-refractivity contribution in [1.29, 1.82) is 0 Å². The first-order valence-corrected chi connectivity index (χ1v) is 9.69. The number of amides is 1. The summed E-state index contributed by atoms with van der Waals surface area (Å²) in [6.45, 7) is 6.10. The summed E-state index contributed by atoms with van der Waals surface area (Å²) in [5.74, 6) is -2.89. The number of carbonyl (C=O) groups excluding carboxylic acids is 1. The molecule has 0 unspecified atom stereocenters. The predicted octanol–water partition coefficient (Wildman–Crippen LogP) is 4.99. The molecule has 2 aromatic heterocycles. The molecule has 0 saturated heterocycles. The molecule has 0 saturated carbocycles. The minimum atomic E-state index is -3.07. The minimum absolute atomic E-state index is 0.0175. The van der Waals surface area contributed by atoms with Crippen LogP contribution in [0.25, 0.3) is 11.1 Å². The van der Waals surface area contributed by atoms with Gasteiger partial charge in [-0.2, -0.15) is 0 Å². The van der Waals surface area contributed by atoms with Crippen molar-refractivity contribution < 1.29 is 18.1 Å². The number of pyridine rings is 1. The number of hydrogen-bond acceptors (Lipinski definition) is 5. The maximum absolute atomic E-state index is 14.4. The first kappa shape index (κ1) is 22.1. The molecule has 0 radical (unpaired) electrons. The summed E-state index contributed by atoms with van der Waals surface area (Å²) in [5.41, 5.74) is 6.63. The van der Waals surface area contributed by atoms with Gasteiger partial charge in [0, 0.05) is 24.2 Å². The largest absolute Gasteiger partial charge is 0.384 e. The highest BCUT2D eigenvalue weighted by atomic mass is 19.3. The zero-order valence-corrected chi connectivity index (χ0v) is 17.4. The molecule has 162 valence electrons. The Bertz CT molecular complexity index is 1060. The van der Waals surface area contributed by atoms with Gasteiger partial charge in [0.05, 0.1) is 11.8 Å². The number of alkyl halides is 2. The van der Waals surface area contributed by atoms with E-state index in [4.69, 9.17) is 10.3 Å². The summed E-state index contributed by atoms with van der Waals surface area (Å²) in [6, 6.07) is 12.3. The van der Waals surface area contributed by atoms with Crippen molar-refractivity contribution in [2.45, 2.75) is 38.0 Å². The van der Waals surface area contributed by atoms with Crippen LogP contribution in [0.2, 0.25) is 0 Å². The van der Waals surface area contributed by atoms with Crippen LogP contribution in [0.3, 0.4) is 0 Å². The molecule has 6 nitrogen and oxygen atoms in total. The molecule has 0 atom stereocenters. The molecular weight excluding hydrogens is 402 g/mol. The van der Waals surface area contributed by atoms with Crippen molar-refractivity contribution in [3.8, 4) is 11.1 Å². The predicted molar refractivity (Wildman–Crippen MR) is 116 cm³/mol. The number of anilines is 2. The second-order valence-corrected chi connectivity index (χ2v) is 7.79. The Morgan fingerprint density at radius 1 is 1.19 bits per heavy atom. The number of halogens is 2. The molecule has 3 N–H and O–H groups in total. The van der Waals surface area contributed by atoms with Gasteiger partial charge in [-0.25, -0.2) is 13.8 Å². The molecule has 3 rings (SSSR count). The van der Waals surface area contributed by atoms with Crippen LogP contribution in [0.5, 0.6) is 0 Å². The molecule has 0 aliphatic carbocycles. The van der Waals surface area contributed by atoms with Crippen LogP contribution < -0.4 is 11.1 Å². The average Bonchev–Trinajstić information content (AvgIpc) is 3.18. The SMILES string of the molecule is C=CCC(F)(F)C(C)(C)c1cc(NC(=O)Cc2ccc(-c3ccc(N)nc3)cc2)no1. The van der Waals surface area contributed by atoms with Crippen LogP contribution in [0.1, 0.15) is 31.6 Å². The van der Waals surface area contributed by atoms with E-state index in [-0.39, 0.29) is 23.9 Å². The van der Waals surface area contributed by atoms with Crippen molar-refractivity contribution in [1.82, 2.24) is 10.1 Å². The van der Waals surface area contributed by atoms with Gasteiger partial charge in [-0.1, -0.05) is 35.5 Å². The molecule has 2 heterocycles. The molecule has 1 aromatic carbocycles. The van der Waals surface area contributed by atoms with E-state index in [2.05, 4.69) is 22.0 Å². The van der Waals surface area contributed by atoms with Gasteiger partial charge in [-0.15, -0.1) is 6.58 Å². The Kier molecular flexibility index (Phi) is 6.19. The van der Waals surface area contributed by atoms with Crippen molar-refractivity contribution in [2.24, 2.45) is 0 Å². The van der Waals surface area contributed by atoms with Crippen LogP contribution in [0, 0.1) is 0 Å². The second kappa shape index (κ2) is 8.67. The fraction of sp³-hybridized carbons (Fsp3) is 0.261. The van der Waals surface area contributed by atoms with Crippen LogP contribution in [0.15, 0.2) is 65.8 Å². The van der Waals surface area contributed by atoms with E-state index in [0.29, 0.717) is 5.82 Å². The van der Waals surface area contributed by atoms with E-state index < -0.39 is 17.8 Å². The molecular formula is C23H24F2N4O2. The normalized spacial score (nSPS) is 11.9. The highest BCUT2D eigenvalue weighted by Gasteiger charge is 2.49. The van der Waals surface area contributed by atoms with Crippen molar-refractivity contribution in [3.63, 3.8) is 0 Å². The molecule has 8 heteroatoms. The average molecular weight is 426 g/mol. The minimum Gasteiger partial charge on any atom is -0.384 e. The third kappa shape index (κ3) is 4.96. The fourth-order valence-corrected chi connectivity index (χ4v) is 3.01. The van der Waals surface area contributed by atoms with Crippen LogP contribution in [-0.2, 0) is 16.6 Å². The molecule has 0 fully saturated rings. The number of benzene rings is 1. The lowest BCUT2D eigenvalue weighted by Gasteiger charge is -2.30. The van der Waals surface area contributed by atoms with Gasteiger partial charge < -0.3 is 15.6 Å². The number of aromatic nitrogens is 2. The highest BCUT2D eigenvalue weighted by Crippen LogP contribution is 2.42. The van der Waals surface area contributed by atoms with Crippen molar-refractivity contribution >= 4 is 17.5 Å². The molecule has 1 amide bonds. The maximum Gasteiger partial charge on any atom is 0.263 e. The summed E-state index contributed by atoms with van der Waals surface area (Å²) >= 11 is 0. The third-order valence-corrected chi connectivity index (χ3v) is 5.15. The number of allylic oxidation sites excluding steroid dienone is 1. The van der Waals surface area contributed by atoms with Gasteiger partial charge in [-0.3, -0.25) is 4.79 Å². The number of nitrogens with two attached hydrogens (primary N) is 1. The van der Waals surface area contributed by atoms with Crippen LogP contribution in [-0.4, -0.2) is 22.0 Å². The van der Waals surface area contributed by atoms with Gasteiger partial charge in [0.2, 0.25) is 5.91 Å². The van der Waals surface area contributed by atoms with E-state index in [1.165, 1.54) is 19.9 Å². The van der Waals surface area contributed by atoms with Gasteiger partial charge in [0.15, 0.2) is 11.6 Å². The first-order chi connectivity index (χ1) is 14.6. The Labute approximate surface area is 179 Å². The monoisotopic (exact) mass is 426 g/mol. The summed E-state index contributed by atoms with van der Waals surface area (Å²) in [5, 5.41) is 6.30. The Morgan fingerprint density at radius 2 is 1.87 bits per heavy atom. The molecule has 0 aliphatic heterocycles. The van der Waals surface area contributed by atoms with Gasteiger partial charge in [0.1, 0.15) is 5.82 Å². The van der Waals surface area contributed by atoms with E-state index in [0.717, 1.165) is 22.8 Å². The number of rotatable bonds is 8. The highest BCUT2D eigenvalue weighted by molar-refractivity contribution is 5.91. The lowest BCUT2D eigenvalue weighted by molar-refractivity contribution is -0.115. The summed E-state index contributed by atoms with van der Waals surface area (Å²) in [4.78, 5) is 16.4. The van der Waals surface area contributed by atoms with E-state index >= 15 is 0 Å². The third-order valence-electron chi connectivity index (χ3n) is 5.15. The number of carbonyl (C=O) groups is 1. The molecule has 0 spiro atoms. The topological polar surface area (TPSA) is 94.0 Å². The standard InChI is InChI=1S/C23H24F2N4O2/c1-4-11-23(24,25)22(2,3)18-13-20(29-31-18)28-21(30)12-15-5-7-16(8-6-15)17-9-10-19(26)27-14-17/h4-10,13-14H,1,11-12H2,2-3H3,(H2,26,27)(H,28,29,30). The zero-order valence-electron chi connectivity index (χ0n) is 17.4. The van der Waals surface area contributed by atoms with E-state index in [9.17, 15) is 13.6 Å². The first-order valence-electron chi connectivity index (χ1n) is 9.69. The summed E-state index contributed by atoms with van der Waals surface area (Å²) in [7, 11) is 0. The van der Waals surface area contributed by atoms with Gasteiger partial charge in [-0.05, 0) is 37.1 Å². The molecule has 0 aliphatic rings. The van der Waals surface area contributed by atoms with Crippen LogP contribution >= 0.6 is 0 Å². The number of nitrogen functional groups attached to an aromatic ring is 1. The number of nitrogens with zero attached hydrogens (tertiary/aromatic N) is 2. The summed E-state index contributed by atoms with van der Waals surface area (Å²) < 4.78 is 33.8. The van der Waals surface area contributed by atoms with Crippen LogP contribution in [0.4, 0.5) is 20.4 Å². The lowest BCUT2D eigenvalue weighted by atomic mass is 9.81. The van der Waals surface area contributed by atoms with Crippen molar-refractivity contribution in [2.75, 3.05) is 11.1 Å². The Hall–Kier alpha value is -3.55. The van der Waals surface area contributed by atoms with Gasteiger partial charge >= 0.3 is 0 Å². The molecule has 31 heavy (non-hydrogen) atoms.